The van der Waals surface area contributed by atoms with E-state index in [-0.39, 0.29) is 0 Å². The zero-order chi connectivity index (χ0) is 12.5. The second kappa shape index (κ2) is 4.79. The minimum absolute atomic E-state index is 0.566. The summed E-state index contributed by atoms with van der Waals surface area (Å²) in [6, 6.07) is 9.29. The van der Waals surface area contributed by atoms with E-state index in [1.165, 1.54) is 17.5 Å². The van der Waals surface area contributed by atoms with Crippen LogP contribution in [0, 0.1) is 0 Å². The molecule has 94 valence electrons. The molecule has 1 N–H and O–H groups in total. The number of hydrogen-bond donors (Lipinski definition) is 1. The van der Waals surface area contributed by atoms with Crippen LogP contribution in [0.15, 0.2) is 24.3 Å². The van der Waals surface area contributed by atoms with Crippen molar-refractivity contribution in [1.82, 2.24) is 4.90 Å². The molecule has 0 heterocycles. The van der Waals surface area contributed by atoms with Crippen molar-refractivity contribution in [3.63, 3.8) is 0 Å². The Kier molecular flexibility index (Phi) is 3.55. The van der Waals surface area contributed by atoms with Crippen molar-refractivity contribution in [1.29, 1.82) is 0 Å². The third-order valence-electron chi connectivity index (χ3n) is 3.58. The van der Waals surface area contributed by atoms with Crippen LogP contribution in [0.3, 0.4) is 0 Å². The van der Waals surface area contributed by atoms with Gasteiger partial charge in [0.1, 0.15) is 0 Å². The number of aliphatic hydroxyl groups is 1. The Morgan fingerprint density at radius 2 is 1.94 bits per heavy atom. The number of rotatable bonds is 3. The van der Waals surface area contributed by atoms with Gasteiger partial charge in [0, 0.05) is 12.6 Å². The molecule has 0 aliphatic heterocycles. The highest BCUT2D eigenvalue weighted by atomic mass is 16.3. The quantitative estimate of drug-likeness (QED) is 0.865. The van der Waals surface area contributed by atoms with Gasteiger partial charge in [-0.1, -0.05) is 24.3 Å². The van der Waals surface area contributed by atoms with Crippen LogP contribution >= 0.6 is 0 Å². The van der Waals surface area contributed by atoms with Gasteiger partial charge in [-0.05, 0) is 51.3 Å². The third-order valence-corrected chi connectivity index (χ3v) is 3.58. The average Bonchev–Trinajstić information content (AvgIpc) is 2.26. The second-order valence-electron chi connectivity index (χ2n) is 5.89. The largest absolute Gasteiger partial charge is 0.389 e. The van der Waals surface area contributed by atoms with Crippen LogP contribution in [-0.2, 0) is 12.8 Å². The van der Waals surface area contributed by atoms with Gasteiger partial charge in [-0.2, -0.15) is 0 Å². The van der Waals surface area contributed by atoms with Gasteiger partial charge < -0.3 is 10.0 Å². The van der Waals surface area contributed by atoms with Crippen LogP contribution in [0.2, 0.25) is 0 Å². The van der Waals surface area contributed by atoms with Crippen LogP contribution in [-0.4, -0.2) is 35.2 Å². The van der Waals surface area contributed by atoms with E-state index in [9.17, 15) is 5.11 Å². The molecule has 0 radical (unpaired) electrons. The van der Waals surface area contributed by atoms with Crippen LogP contribution < -0.4 is 0 Å². The molecule has 0 aromatic heterocycles. The Bertz CT molecular complexity index is 381. The molecular formula is C15H23NO. The number of benzene rings is 1. The molecule has 2 rings (SSSR count). The van der Waals surface area contributed by atoms with E-state index in [1.54, 1.807) is 0 Å². The monoisotopic (exact) mass is 233 g/mol. The number of aryl methyl sites for hydroxylation is 1. The van der Waals surface area contributed by atoms with Crippen LogP contribution in [0.25, 0.3) is 0 Å². The molecule has 0 saturated heterocycles. The van der Waals surface area contributed by atoms with Gasteiger partial charge in [-0.15, -0.1) is 0 Å². The Labute approximate surface area is 104 Å². The Balaban J connectivity index is 2.02. The van der Waals surface area contributed by atoms with Crippen molar-refractivity contribution in [2.45, 2.75) is 44.8 Å². The molecule has 1 aromatic carbocycles. The molecule has 17 heavy (non-hydrogen) atoms. The van der Waals surface area contributed by atoms with Crippen LogP contribution in [0.4, 0.5) is 0 Å². The summed E-state index contributed by atoms with van der Waals surface area (Å²) in [6.45, 7) is 4.49. The van der Waals surface area contributed by atoms with Crippen molar-refractivity contribution >= 4 is 0 Å². The van der Waals surface area contributed by atoms with Crippen molar-refractivity contribution in [2.75, 3.05) is 13.6 Å². The smallest absolute Gasteiger partial charge is 0.0718 e. The topological polar surface area (TPSA) is 23.5 Å². The average molecular weight is 233 g/mol. The van der Waals surface area contributed by atoms with Gasteiger partial charge in [-0.3, -0.25) is 0 Å². The maximum atomic E-state index is 9.87. The number of likely N-dealkylation sites (N-methyl/N-ethyl adjacent to an activating group) is 1. The van der Waals surface area contributed by atoms with E-state index in [1.807, 2.05) is 13.8 Å². The minimum Gasteiger partial charge on any atom is -0.389 e. The molecule has 0 bridgehead atoms. The standard InChI is InChI=1S/C15H23NO/c1-15(2,17)11-16(3)14-9-8-12-6-4-5-7-13(12)10-14/h4-7,14,17H,8-11H2,1-3H3/t14-/m0/s1. The van der Waals surface area contributed by atoms with E-state index in [0.29, 0.717) is 6.04 Å². The lowest BCUT2D eigenvalue weighted by atomic mass is 9.87. The molecule has 0 unspecified atom stereocenters. The van der Waals surface area contributed by atoms with Crippen molar-refractivity contribution in [3.8, 4) is 0 Å². The fourth-order valence-electron chi connectivity index (χ4n) is 2.79. The van der Waals surface area contributed by atoms with Gasteiger partial charge in [0.05, 0.1) is 5.60 Å². The lowest BCUT2D eigenvalue weighted by Crippen LogP contribution is -2.44. The fraction of sp³-hybridized carbons (Fsp3) is 0.600. The van der Waals surface area contributed by atoms with Gasteiger partial charge in [0.25, 0.3) is 0 Å². The highest BCUT2D eigenvalue weighted by Crippen LogP contribution is 2.24. The molecule has 1 atom stereocenters. The maximum absolute atomic E-state index is 9.87. The molecule has 2 nitrogen and oxygen atoms in total. The molecule has 2 heteroatoms. The molecule has 0 fully saturated rings. The summed E-state index contributed by atoms with van der Waals surface area (Å²) in [5, 5.41) is 9.87. The molecule has 0 spiro atoms. The summed E-state index contributed by atoms with van der Waals surface area (Å²) in [5.74, 6) is 0. The van der Waals surface area contributed by atoms with E-state index < -0.39 is 5.60 Å². The molecule has 1 aromatic rings. The first-order valence-electron chi connectivity index (χ1n) is 6.45. The molecule has 0 saturated carbocycles. The second-order valence-corrected chi connectivity index (χ2v) is 5.89. The van der Waals surface area contributed by atoms with Crippen molar-refractivity contribution < 1.29 is 5.11 Å². The van der Waals surface area contributed by atoms with E-state index >= 15 is 0 Å². The van der Waals surface area contributed by atoms with Gasteiger partial charge >= 0.3 is 0 Å². The molecule has 1 aliphatic rings. The summed E-state index contributed by atoms with van der Waals surface area (Å²) in [4.78, 5) is 2.30. The van der Waals surface area contributed by atoms with Gasteiger partial charge in [0.2, 0.25) is 0 Å². The summed E-state index contributed by atoms with van der Waals surface area (Å²) in [6.07, 6.45) is 3.48. The predicted molar refractivity (Wildman–Crippen MR) is 71.2 cm³/mol. The first-order valence-corrected chi connectivity index (χ1v) is 6.45. The SMILES string of the molecule is CN(CC(C)(C)O)[C@H]1CCc2ccccc2C1. The molecule has 1 aliphatic carbocycles. The van der Waals surface area contributed by atoms with Crippen molar-refractivity contribution in [3.05, 3.63) is 35.4 Å². The zero-order valence-electron chi connectivity index (χ0n) is 11.1. The third kappa shape index (κ3) is 3.30. The van der Waals surface area contributed by atoms with Crippen LogP contribution in [0.1, 0.15) is 31.4 Å². The number of nitrogens with zero attached hydrogens (tertiary/aromatic N) is 1. The molecule has 0 amide bonds. The predicted octanol–water partition coefficient (Wildman–Crippen LogP) is 2.25. The van der Waals surface area contributed by atoms with E-state index in [0.717, 1.165) is 19.4 Å². The first-order chi connectivity index (χ1) is 7.96. The number of hydrogen-bond acceptors (Lipinski definition) is 2. The summed E-state index contributed by atoms with van der Waals surface area (Å²) >= 11 is 0. The lowest BCUT2D eigenvalue weighted by molar-refractivity contribution is 0.0291. The molecular weight excluding hydrogens is 210 g/mol. The number of fused-ring (bicyclic) bond motifs is 1. The minimum atomic E-state index is -0.605. The van der Waals surface area contributed by atoms with Gasteiger partial charge in [0.15, 0.2) is 0 Å². The lowest BCUT2D eigenvalue weighted by Gasteiger charge is -2.35. The van der Waals surface area contributed by atoms with Crippen LogP contribution in [0.5, 0.6) is 0 Å². The van der Waals surface area contributed by atoms with Crippen molar-refractivity contribution in [2.24, 2.45) is 0 Å². The Hall–Kier alpha value is -0.860. The first kappa shape index (κ1) is 12.6. The normalized spacial score (nSPS) is 20.4. The zero-order valence-corrected chi connectivity index (χ0v) is 11.1. The van der Waals surface area contributed by atoms with E-state index in [4.69, 9.17) is 0 Å². The summed E-state index contributed by atoms with van der Waals surface area (Å²) in [7, 11) is 2.12. The Morgan fingerprint density at radius 1 is 1.29 bits per heavy atom. The van der Waals surface area contributed by atoms with E-state index in [2.05, 4.69) is 36.2 Å². The summed E-state index contributed by atoms with van der Waals surface area (Å²) in [5.41, 5.74) is 2.37. The summed E-state index contributed by atoms with van der Waals surface area (Å²) < 4.78 is 0. The maximum Gasteiger partial charge on any atom is 0.0718 e. The Morgan fingerprint density at radius 3 is 2.59 bits per heavy atom. The highest BCUT2D eigenvalue weighted by molar-refractivity contribution is 5.30. The van der Waals surface area contributed by atoms with Gasteiger partial charge in [-0.25, -0.2) is 0 Å². The highest BCUT2D eigenvalue weighted by Gasteiger charge is 2.25. The fourth-order valence-corrected chi connectivity index (χ4v) is 2.79.